The highest BCUT2D eigenvalue weighted by molar-refractivity contribution is 7.14. The van der Waals surface area contributed by atoms with Crippen molar-refractivity contribution in [2.45, 2.75) is 32.3 Å². The zero-order valence-electron chi connectivity index (χ0n) is 15.7. The van der Waals surface area contributed by atoms with Gasteiger partial charge in [-0.3, -0.25) is 20.4 Å². The molecule has 6 nitrogen and oxygen atoms in total. The monoisotopic (exact) mass is 422 g/mol. The molecule has 1 aliphatic rings. The Hall–Kier alpha value is -2.94. The van der Waals surface area contributed by atoms with Gasteiger partial charge < -0.3 is 9.47 Å². The molecule has 154 valence electrons. The number of carbonyl (C=O) groups is 2. The Balaban J connectivity index is 1.55. The van der Waals surface area contributed by atoms with E-state index < -0.39 is 12.5 Å². The smallest absolute Gasteiger partial charge is 0.387 e. The van der Waals surface area contributed by atoms with Gasteiger partial charge in [-0.1, -0.05) is 6.07 Å². The van der Waals surface area contributed by atoms with Crippen LogP contribution in [0.5, 0.6) is 11.5 Å². The van der Waals surface area contributed by atoms with Gasteiger partial charge in [0.2, 0.25) is 0 Å². The third-order valence-electron chi connectivity index (χ3n) is 4.35. The molecule has 0 radical (unpaired) electrons. The van der Waals surface area contributed by atoms with Crippen LogP contribution in [0.2, 0.25) is 0 Å². The highest BCUT2D eigenvalue weighted by Crippen LogP contribution is 2.30. The quantitative estimate of drug-likeness (QED) is 0.550. The molecule has 1 heterocycles. The average molecular weight is 422 g/mol. The third kappa shape index (κ3) is 5.54. The third-order valence-corrected chi connectivity index (χ3v) is 5.59. The first kappa shape index (κ1) is 20.8. The summed E-state index contributed by atoms with van der Waals surface area (Å²) in [5.74, 6) is -0.884. The summed E-state index contributed by atoms with van der Waals surface area (Å²) in [6, 6.07) is 6.16. The van der Waals surface area contributed by atoms with Crippen molar-refractivity contribution >= 4 is 29.2 Å². The van der Waals surface area contributed by atoms with E-state index in [9.17, 15) is 18.4 Å². The Morgan fingerprint density at radius 3 is 2.66 bits per heavy atom. The van der Waals surface area contributed by atoms with Gasteiger partial charge in [0.05, 0.1) is 12.0 Å². The van der Waals surface area contributed by atoms with Crippen LogP contribution >= 0.6 is 11.3 Å². The van der Waals surface area contributed by atoms with Gasteiger partial charge in [0.25, 0.3) is 11.8 Å². The Morgan fingerprint density at radius 1 is 1.14 bits per heavy atom. The van der Waals surface area contributed by atoms with E-state index in [2.05, 4.69) is 15.6 Å². The molecule has 0 atom stereocenters. The van der Waals surface area contributed by atoms with Crippen LogP contribution in [-0.2, 0) is 17.6 Å². The summed E-state index contributed by atoms with van der Waals surface area (Å²) >= 11 is 1.45. The molecule has 2 N–H and O–H groups in total. The number of aryl methyl sites for hydroxylation is 2. The molecule has 1 aromatic carbocycles. The van der Waals surface area contributed by atoms with E-state index in [1.807, 2.05) is 6.07 Å². The number of hydrogen-bond acceptors (Lipinski definition) is 5. The van der Waals surface area contributed by atoms with Crippen molar-refractivity contribution in [2.75, 3.05) is 7.11 Å². The lowest BCUT2D eigenvalue weighted by Gasteiger charge is -2.10. The second kappa shape index (κ2) is 9.51. The largest absolute Gasteiger partial charge is 0.493 e. The summed E-state index contributed by atoms with van der Waals surface area (Å²) in [5, 5.41) is 0. The molecule has 29 heavy (non-hydrogen) atoms. The highest BCUT2D eigenvalue weighted by Gasteiger charge is 2.17. The summed E-state index contributed by atoms with van der Waals surface area (Å²) in [6.07, 6.45) is 6.91. The molecule has 0 spiro atoms. The number of ether oxygens (including phenoxy) is 2. The predicted molar refractivity (Wildman–Crippen MR) is 105 cm³/mol. The molecule has 1 aromatic heterocycles. The minimum absolute atomic E-state index is 0.102. The van der Waals surface area contributed by atoms with Crippen LogP contribution in [-0.4, -0.2) is 25.5 Å². The van der Waals surface area contributed by atoms with Gasteiger partial charge in [-0.25, -0.2) is 0 Å². The number of amides is 2. The van der Waals surface area contributed by atoms with Crippen LogP contribution in [0.3, 0.4) is 0 Å². The maximum absolute atomic E-state index is 12.4. The van der Waals surface area contributed by atoms with Crippen molar-refractivity contribution in [3.63, 3.8) is 0 Å². The summed E-state index contributed by atoms with van der Waals surface area (Å²) in [4.78, 5) is 26.0. The average Bonchev–Trinajstić information content (AvgIpc) is 3.15. The van der Waals surface area contributed by atoms with Crippen molar-refractivity contribution in [1.82, 2.24) is 10.9 Å². The second-order valence-electron chi connectivity index (χ2n) is 6.33. The molecule has 0 bridgehead atoms. The van der Waals surface area contributed by atoms with Crippen LogP contribution in [0.15, 0.2) is 30.3 Å². The predicted octanol–water partition coefficient (Wildman–Crippen LogP) is 3.71. The fourth-order valence-corrected chi connectivity index (χ4v) is 4.13. The summed E-state index contributed by atoms with van der Waals surface area (Å²) in [5.41, 5.74) is 6.47. The Bertz CT molecular complexity index is 904. The van der Waals surface area contributed by atoms with Crippen molar-refractivity contribution in [3.8, 4) is 11.5 Å². The van der Waals surface area contributed by atoms with Crippen molar-refractivity contribution < 1.29 is 27.8 Å². The number of thiophene rings is 1. The van der Waals surface area contributed by atoms with E-state index >= 15 is 0 Å². The Kier molecular flexibility index (Phi) is 6.82. The molecule has 0 aliphatic heterocycles. The van der Waals surface area contributed by atoms with Gasteiger partial charge in [-0.2, -0.15) is 8.78 Å². The number of methoxy groups -OCH3 is 1. The Morgan fingerprint density at radius 2 is 1.93 bits per heavy atom. The lowest BCUT2D eigenvalue weighted by atomic mass is 9.99. The topological polar surface area (TPSA) is 76.7 Å². The van der Waals surface area contributed by atoms with Gasteiger partial charge in [0, 0.05) is 11.0 Å². The maximum Gasteiger partial charge on any atom is 0.387 e. The van der Waals surface area contributed by atoms with Gasteiger partial charge in [0.1, 0.15) is 0 Å². The zero-order chi connectivity index (χ0) is 20.8. The minimum Gasteiger partial charge on any atom is -0.493 e. The van der Waals surface area contributed by atoms with Crippen molar-refractivity contribution in [3.05, 3.63) is 51.2 Å². The van der Waals surface area contributed by atoms with Gasteiger partial charge in [-0.05, 0) is 61.1 Å². The number of halogens is 2. The number of rotatable bonds is 6. The van der Waals surface area contributed by atoms with Crippen LogP contribution in [0.1, 0.15) is 38.5 Å². The molecule has 9 heteroatoms. The molecule has 2 amide bonds. The lowest BCUT2D eigenvalue weighted by molar-refractivity contribution is -0.117. The number of hydrazine groups is 1. The number of hydrogen-bond donors (Lipinski definition) is 2. The summed E-state index contributed by atoms with van der Waals surface area (Å²) in [6.45, 7) is -2.96. The first-order valence-electron chi connectivity index (χ1n) is 8.99. The van der Waals surface area contributed by atoms with Crippen molar-refractivity contribution in [1.29, 1.82) is 0 Å². The van der Waals surface area contributed by atoms with Crippen LogP contribution in [0.4, 0.5) is 8.78 Å². The minimum atomic E-state index is -2.96. The summed E-state index contributed by atoms with van der Waals surface area (Å²) < 4.78 is 34.1. The number of alkyl halides is 2. The second-order valence-corrected chi connectivity index (χ2v) is 7.47. The molecular weight excluding hydrogens is 402 g/mol. The molecule has 1 aliphatic carbocycles. The number of fused-ring (bicyclic) bond motifs is 1. The van der Waals surface area contributed by atoms with Gasteiger partial charge in [-0.15, -0.1) is 11.3 Å². The van der Waals surface area contributed by atoms with Crippen LogP contribution in [0.25, 0.3) is 6.08 Å². The molecule has 3 rings (SSSR count). The van der Waals surface area contributed by atoms with E-state index in [0.717, 1.165) is 25.7 Å². The first-order valence-corrected chi connectivity index (χ1v) is 9.80. The molecular formula is C20H20F2N2O4S. The maximum atomic E-state index is 12.4. The zero-order valence-corrected chi connectivity index (χ0v) is 16.5. The Labute approximate surface area is 170 Å². The van der Waals surface area contributed by atoms with Crippen LogP contribution in [0, 0.1) is 0 Å². The van der Waals surface area contributed by atoms with Gasteiger partial charge >= 0.3 is 6.61 Å². The van der Waals surface area contributed by atoms with Crippen molar-refractivity contribution in [2.24, 2.45) is 0 Å². The molecule has 0 unspecified atom stereocenters. The highest BCUT2D eigenvalue weighted by atomic mass is 32.1. The van der Waals surface area contributed by atoms with E-state index in [1.165, 1.54) is 59.2 Å². The SMILES string of the molecule is COc1cc(/C=C/C(=O)NNC(=O)c2cc3c(s2)CCCC3)ccc1OC(F)F. The molecule has 0 fully saturated rings. The molecule has 0 saturated heterocycles. The number of nitrogens with one attached hydrogen (secondary N) is 2. The van der Waals surface area contributed by atoms with E-state index in [4.69, 9.17) is 4.74 Å². The molecule has 0 saturated carbocycles. The van der Waals surface area contributed by atoms with E-state index in [0.29, 0.717) is 10.4 Å². The molecule has 2 aromatic rings. The fourth-order valence-electron chi connectivity index (χ4n) is 2.98. The van der Waals surface area contributed by atoms with Gasteiger partial charge in [0.15, 0.2) is 11.5 Å². The lowest BCUT2D eigenvalue weighted by Crippen LogP contribution is -2.40. The summed E-state index contributed by atoms with van der Waals surface area (Å²) in [7, 11) is 1.33. The number of carbonyl (C=O) groups excluding carboxylic acids is 2. The standard InChI is InChI=1S/C20H20F2N2O4S/c1-27-15-10-12(6-8-14(15)28-20(21)22)7-9-18(25)23-24-19(26)17-11-13-4-2-3-5-16(13)29-17/h6-11,20H,2-5H2,1H3,(H,23,25)(H,24,26)/b9-7+. The first-order chi connectivity index (χ1) is 14.0. The normalized spacial score (nSPS) is 13.2. The van der Waals surface area contributed by atoms with Crippen LogP contribution < -0.4 is 20.3 Å². The fraction of sp³-hybridized carbons (Fsp3) is 0.300. The van der Waals surface area contributed by atoms with E-state index in [1.54, 1.807) is 0 Å². The van der Waals surface area contributed by atoms with E-state index in [-0.39, 0.29) is 17.4 Å². The number of benzene rings is 1.